The van der Waals surface area contributed by atoms with E-state index >= 15 is 0 Å². The quantitative estimate of drug-likeness (QED) is 0.310. The van der Waals surface area contributed by atoms with Crippen molar-refractivity contribution in [2.45, 2.75) is 13.8 Å². The summed E-state index contributed by atoms with van der Waals surface area (Å²) in [6, 6.07) is 27.9. The Bertz CT molecular complexity index is 1500. The van der Waals surface area contributed by atoms with E-state index in [9.17, 15) is 5.26 Å². The molecular formula is C28H22N6. The van der Waals surface area contributed by atoms with Crippen LogP contribution in [-0.4, -0.2) is 20.7 Å². The van der Waals surface area contributed by atoms with Gasteiger partial charge < -0.3 is 10.3 Å². The minimum absolute atomic E-state index is 0.551. The van der Waals surface area contributed by atoms with Gasteiger partial charge in [-0.2, -0.15) is 5.26 Å². The molecule has 0 fully saturated rings. The standard InChI is InChI=1S/C28H22N6/c1-18-15-20(16-29)13-14-23(18)32-27-19(2)24-26(31-17-30-24)28(34-27)33-25(21-9-5-3-6-10-21)22-11-7-4-8-12-22/h3-15,17H,1-2H3,(H,30,31)(H,32,34). The van der Waals surface area contributed by atoms with Gasteiger partial charge in [0.05, 0.1) is 29.2 Å². The van der Waals surface area contributed by atoms with E-state index in [2.05, 4.69) is 21.4 Å². The van der Waals surface area contributed by atoms with Crippen LogP contribution in [0.2, 0.25) is 0 Å². The summed E-state index contributed by atoms with van der Waals surface area (Å²) in [6.45, 7) is 3.95. The van der Waals surface area contributed by atoms with E-state index in [0.29, 0.717) is 17.2 Å². The number of aliphatic imine (C=N–C) groups is 1. The highest BCUT2D eigenvalue weighted by Gasteiger charge is 2.16. The lowest BCUT2D eigenvalue weighted by Crippen LogP contribution is -2.04. The zero-order chi connectivity index (χ0) is 23.5. The molecule has 2 N–H and O–H groups in total. The number of fused-ring (bicyclic) bond motifs is 1. The van der Waals surface area contributed by atoms with Crippen molar-refractivity contribution in [2.24, 2.45) is 4.99 Å². The first-order valence-corrected chi connectivity index (χ1v) is 10.9. The predicted molar refractivity (Wildman–Crippen MR) is 136 cm³/mol. The van der Waals surface area contributed by atoms with Crippen LogP contribution in [0.15, 0.2) is 90.2 Å². The zero-order valence-corrected chi connectivity index (χ0v) is 18.9. The van der Waals surface area contributed by atoms with E-state index in [4.69, 9.17) is 9.98 Å². The van der Waals surface area contributed by atoms with Crippen molar-refractivity contribution < 1.29 is 0 Å². The maximum Gasteiger partial charge on any atom is 0.180 e. The molecule has 0 spiro atoms. The molecule has 0 unspecified atom stereocenters. The highest BCUT2D eigenvalue weighted by Crippen LogP contribution is 2.32. The van der Waals surface area contributed by atoms with E-state index in [0.717, 1.165) is 44.7 Å². The maximum absolute atomic E-state index is 9.18. The Morgan fingerprint density at radius 3 is 2.24 bits per heavy atom. The first-order chi connectivity index (χ1) is 16.6. The molecule has 164 valence electrons. The second-order valence-corrected chi connectivity index (χ2v) is 7.99. The van der Waals surface area contributed by atoms with Gasteiger partial charge in [-0.3, -0.25) is 0 Å². The number of nitriles is 1. The molecule has 3 aromatic carbocycles. The molecule has 0 atom stereocenters. The third kappa shape index (κ3) is 4.03. The third-order valence-electron chi connectivity index (χ3n) is 5.71. The Morgan fingerprint density at radius 2 is 1.62 bits per heavy atom. The van der Waals surface area contributed by atoms with Crippen molar-refractivity contribution in [2.75, 3.05) is 5.32 Å². The van der Waals surface area contributed by atoms with Gasteiger partial charge in [0.2, 0.25) is 0 Å². The molecule has 0 amide bonds. The number of aryl methyl sites for hydroxylation is 2. The summed E-state index contributed by atoms with van der Waals surface area (Å²) in [5, 5.41) is 12.6. The molecule has 6 heteroatoms. The van der Waals surface area contributed by atoms with Crippen molar-refractivity contribution >= 4 is 34.1 Å². The summed E-state index contributed by atoms with van der Waals surface area (Å²) >= 11 is 0. The topological polar surface area (TPSA) is 89.8 Å². The molecule has 0 aliphatic rings. The number of nitrogens with zero attached hydrogens (tertiary/aromatic N) is 4. The lowest BCUT2D eigenvalue weighted by atomic mass is 10.0. The zero-order valence-electron chi connectivity index (χ0n) is 18.9. The van der Waals surface area contributed by atoms with Gasteiger partial charge in [-0.15, -0.1) is 0 Å². The van der Waals surface area contributed by atoms with Crippen LogP contribution in [0.4, 0.5) is 17.3 Å². The van der Waals surface area contributed by atoms with Crippen LogP contribution in [-0.2, 0) is 0 Å². The lowest BCUT2D eigenvalue weighted by Gasteiger charge is -2.14. The van der Waals surface area contributed by atoms with E-state index in [-0.39, 0.29) is 0 Å². The van der Waals surface area contributed by atoms with E-state index in [1.807, 2.05) is 86.6 Å². The molecular weight excluding hydrogens is 420 g/mol. The fraction of sp³-hybridized carbons (Fsp3) is 0.0714. The van der Waals surface area contributed by atoms with Crippen LogP contribution < -0.4 is 5.32 Å². The van der Waals surface area contributed by atoms with Gasteiger partial charge in [0.25, 0.3) is 0 Å². The first kappa shape index (κ1) is 21.1. The van der Waals surface area contributed by atoms with Gasteiger partial charge >= 0.3 is 0 Å². The molecule has 5 rings (SSSR count). The molecule has 34 heavy (non-hydrogen) atoms. The number of hydrogen-bond acceptors (Lipinski definition) is 5. The average molecular weight is 443 g/mol. The Kier molecular flexibility index (Phi) is 5.59. The smallest absolute Gasteiger partial charge is 0.180 e. The van der Waals surface area contributed by atoms with Crippen LogP contribution in [0.25, 0.3) is 11.0 Å². The van der Waals surface area contributed by atoms with Gasteiger partial charge in [-0.05, 0) is 37.6 Å². The molecule has 2 heterocycles. The number of aromatic nitrogens is 3. The third-order valence-corrected chi connectivity index (χ3v) is 5.71. The Labute approximate surface area is 197 Å². The summed E-state index contributed by atoms with van der Waals surface area (Å²) < 4.78 is 0. The molecule has 2 aromatic heterocycles. The van der Waals surface area contributed by atoms with Gasteiger partial charge in [0.1, 0.15) is 11.3 Å². The summed E-state index contributed by atoms with van der Waals surface area (Å²) in [5.41, 5.74) is 7.80. The SMILES string of the molecule is Cc1cc(C#N)ccc1Nc1nc(N=C(c2ccccc2)c2ccccc2)c2[nH]cnc2c1C. The van der Waals surface area contributed by atoms with E-state index in [1.54, 1.807) is 12.4 Å². The molecule has 6 nitrogen and oxygen atoms in total. The van der Waals surface area contributed by atoms with Gasteiger partial charge in [0, 0.05) is 22.4 Å². The Hall–Kier alpha value is -4.76. The number of hydrogen-bond donors (Lipinski definition) is 2. The van der Waals surface area contributed by atoms with Crippen LogP contribution in [0.1, 0.15) is 27.8 Å². The van der Waals surface area contributed by atoms with Crippen LogP contribution in [0.5, 0.6) is 0 Å². The largest absolute Gasteiger partial charge is 0.341 e. The van der Waals surface area contributed by atoms with E-state index in [1.165, 1.54) is 0 Å². The highest BCUT2D eigenvalue weighted by molar-refractivity contribution is 6.14. The first-order valence-electron chi connectivity index (χ1n) is 10.9. The van der Waals surface area contributed by atoms with Gasteiger partial charge in [-0.1, -0.05) is 60.7 Å². The summed E-state index contributed by atoms with van der Waals surface area (Å²) in [5.74, 6) is 1.22. The molecule has 5 aromatic rings. The normalized spacial score (nSPS) is 10.6. The monoisotopic (exact) mass is 442 g/mol. The fourth-order valence-electron chi connectivity index (χ4n) is 3.90. The summed E-state index contributed by atoms with van der Waals surface area (Å²) in [7, 11) is 0. The number of aromatic amines is 1. The second kappa shape index (κ2) is 9.00. The summed E-state index contributed by atoms with van der Waals surface area (Å²) in [4.78, 5) is 17.7. The van der Waals surface area contributed by atoms with E-state index < -0.39 is 0 Å². The fourth-order valence-corrected chi connectivity index (χ4v) is 3.90. The van der Waals surface area contributed by atoms with Crippen molar-refractivity contribution in [3.63, 3.8) is 0 Å². The average Bonchev–Trinajstić information content (AvgIpc) is 3.38. The number of imidazole rings is 1. The van der Waals surface area contributed by atoms with Crippen molar-refractivity contribution in [3.8, 4) is 6.07 Å². The Morgan fingerprint density at radius 1 is 0.941 bits per heavy atom. The highest BCUT2D eigenvalue weighted by atomic mass is 15.1. The molecule has 0 aliphatic carbocycles. The second-order valence-electron chi connectivity index (χ2n) is 7.99. The van der Waals surface area contributed by atoms with Crippen LogP contribution in [0.3, 0.4) is 0 Å². The van der Waals surface area contributed by atoms with Crippen molar-refractivity contribution in [1.29, 1.82) is 5.26 Å². The molecule has 0 saturated heterocycles. The number of pyridine rings is 1. The van der Waals surface area contributed by atoms with Crippen molar-refractivity contribution in [3.05, 3.63) is 113 Å². The Balaban J connectivity index is 1.67. The van der Waals surface area contributed by atoms with Crippen molar-refractivity contribution in [1.82, 2.24) is 15.0 Å². The number of benzene rings is 3. The lowest BCUT2D eigenvalue weighted by molar-refractivity contribution is 1.24. The maximum atomic E-state index is 9.18. The van der Waals surface area contributed by atoms with Gasteiger partial charge in [-0.25, -0.2) is 15.0 Å². The number of H-pyrrole nitrogens is 1. The molecule has 0 bridgehead atoms. The minimum atomic E-state index is 0.551. The molecule has 0 aliphatic heterocycles. The predicted octanol–water partition coefficient (Wildman–Crippen LogP) is 6.36. The minimum Gasteiger partial charge on any atom is -0.341 e. The molecule has 0 radical (unpaired) electrons. The van der Waals surface area contributed by atoms with Crippen LogP contribution in [0, 0.1) is 25.2 Å². The number of nitrogens with one attached hydrogen (secondary N) is 2. The number of rotatable bonds is 5. The van der Waals surface area contributed by atoms with Crippen LogP contribution >= 0.6 is 0 Å². The van der Waals surface area contributed by atoms with Gasteiger partial charge in [0.15, 0.2) is 5.82 Å². The number of anilines is 2. The molecule has 0 saturated carbocycles. The summed E-state index contributed by atoms with van der Waals surface area (Å²) in [6.07, 6.45) is 1.67.